The quantitative estimate of drug-likeness (QED) is 0.812. The van der Waals surface area contributed by atoms with E-state index in [1.807, 2.05) is 0 Å². The number of benzene rings is 1. The Morgan fingerprint density at radius 2 is 2.10 bits per heavy atom. The van der Waals surface area contributed by atoms with Crippen LogP contribution in [0.1, 0.15) is 17.3 Å². The van der Waals surface area contributed by atoms with Crippen molar-refractivity contribution in [1.29, 1.82) is 0 Å². The maximum Gasteiger partial charge on any atom is 0.324 e. The van der Waals surface area contributed by atoms with Crippen LogP contribution in [0, 0.1) is 0 Å². The third kappa shape index (κ3) is 3.31. The minimum atomic E-state index is -0.428. The Balaban J connectivity index is 2.04. The van der Waals surface area contributed by atoms with Crippen LogP contribution in [0.25, 0.3) is 0 Å². The number of amides is 3. The average Bonchev–Trinajstić information content (AvgIpc) is 2.90. The first-order chi connectivity index (χ1) is 10.0. The predicted octanol–water partition coefficient (Wildman–Crippen LogP) is 0.828. The predicted molar refractivity (Wildman–Crippen MR) is 73.6 cm³/mol. The highest BCUT2D eigenvalue weighted by atomic mass is 16.5. The Hall–Kier alpha value is -2.57. The largest absolute Gasteiger partial charge is 0.493 e. The highest BCUT2D eigenvalue weighted by Crippen LogP contribution is 2.28. The van der Waals surface area contributed by atoms with Gasteiger partial charge < -0.3 is 14.8 Å². The van der Waals surface area contributed by atoms with E-state index in [-0.39, 0.29) is 12.4 Å². The standard InChI is InChI=1S/C14H16N2O5/c1-9(17)10-3-4-11(12(7-10)20-2)21-8-13(18)16-6-5-15-14(16)19/h3-4,7H,5-6,8H2,1-2H3,(H,15,19). The molecule has 7 nitrogen and oxygen atoms in total. The second-order valence-corrected chi connectivity index (χ2v) is 4.49. The summed E-state index contributed by atoms with van der Waals surface area (Å²) in [6.07, 6.45) is 0. The number of Topliss-reactive ketones (excluding diaryl/α,β-unsaturated/α-hetero) is 1. The van der Waals surface area contributed by atoms with Crippen molar-refractivity contribution in [3.63, 3.8) is 0 Å². The summed E-state index contributed by atoms with van der Waals surface area (Å²) < 4.78 is 10.5. The summed E-state index contributed by atoms with van der Waals surface area (Å²) in [7, 11) is 1.45. The van der Waals surface area contributed by atoms with E-state index in [9.17, 15) is 14.4 Å². The van der Waals surface area contributed by atoms with Gasteiger partial charge in [0.05, 0.1) is 7.11 Å². The summed E-state index contributed by atoms with van der Waals surface area (Å²) in [6, 6.07) is 4.28. The van der Waals surface area contributed by atoms with Gasteiger partial charge in [0.15, 0.2) is 23.9 Å². The van der Waals surface area contributed by atoms with E-state index in [2.05, 4.69) is 5.32 Å². The molecule has 112 valence electrons. The van der Waals surface area contributed by atoms with Gasteiger partial charge in [0.2, 0.25) is 0 Å². The molecular weight excluding hydrogens is 276 g/mol. The lowest BCUT2D eigenvalue weighted by atomic mass is 10.1. The van der Waals surface area contributed by atoms with Crippen LogP contribution < -0.4 is 14.8 Å². The maximum atomic E-state index is 11.8. The van der Waals surface area contributed by atoms with Crippen molar-refractivity contribution in [2.45, 2.75) is 6.92 Å². The summed E-state index contributed by atoms with van der Waals surface area (Å²) >= 11 is 0. The van der Waals surface area contributed by atoms with Gasteiger partial charge in [-0.15, -0.1) is 0 Å². The number of methoxy groups -OCH3 is 1. The van der Waals surface area contributed by atoms with Gasteiger partial charge in [-0.25, -0.2) is 4.79 Å². The van der Waals surface area contributed by atoms with Crippen molar-refractivity contribution in [3.8, 4) is 11.5 Å². The van der Waals surface area contributed by atoms with Gasteiger partial charge in [-0.3, -0.25) is 14.5 Å². The Kier molecular flexibility index (Phi) is 4.42. The molecule has 3 amide bonds. The minimum absolute atomic E-state index is 0.0929. The SMILES string of the molecule is COc1cc(C(C)=O)ccc1OCC(=O)N1CCNC1=O. The number of urea groups is 1. The van der Waals surface area contributed by atoms with Crippen molar-refractivity contribution in [2.24, 2.45) is 0 Å². The van der Waals surface area contributed by atoms with E-state index in [1.165, 1.54) is 14.0 Å². The van der Waals surface area contributed by atoms with E-state index in [0.717, 1.165) is 4.90 Å². The highest BCUT2D eigenvalue weighted by Gasteiger charge is 2.26. The number of ether oxygens (including phenoxy) is 2. The maximum absolute atomic E-state index is 11.8. The second-order valence-electron chi connectivity index (χ2n) is 4.49. The Labute approximate surface area is 121 Å². The van der Waals surface area contributed by atoms with E-state index in [4.69, 9.17) is 9.47 Å². The van der Waals surface area contributed by atoms with Gasteiger partial charge in [-0.1, -0.05) is 0 Å². The molecule has 1 aromatic rings. The van der Waals surface area contributed by atoms with Crippen LogP contribution in [0.3, 0.4) is 0 Å². The normalized spacial score (nSPS) is 13.8. The number of hydrogen-bond acceptors (Lipinski definition) is 5. The highest BCUT2D eigenvalue weighted by molar-refractivity contribution is 5.96. The number of nitrogens with one attached hydrogen (secondary N) is 1. The van der Waals surface area contributed by atoms with Crippen LogP contribution in [0.5, 0.6) is 11.5 Å². The summed E-state index contributed by atoms with van der Waals surface area (Å²) in [6.45, 7) is 1.96. The lowest BCUT2D eigenvalue weighted by Crippen LogP contribution is -2.37. The van der Waals surface area contributed by atoms with Crippen LogP contribution >= 0.6 is 0 Å². The molecule has 0 saturated carbocycles. The molecule has 0 aromatic heterocycles. The minimum Gasteiger partial charge on any atom is -0.493 e. The first-order valence-electron chi connectivity index (χ1n) is 6.43. The number of ketones is 1. The number of rotatable bonds is 5. The van der Waals surface area contributed by atoms with Crippen LogP contribution in [-0.4, -0.2) is 49.4 Å². The fourth-order valence-corrected chi connectivity index (χ4v) is 1.93. The van der Waals surface area contributed by atoms with E-state index in [1.54, 1.807) is 18.2 Å². The Morgan fingerprint density at radius 1 is 1.33 bits per heavy atom. The van der Waals surface area contributed by atoms with Crippen LogP contribution in [-0.2, 0) is 4.79 Å². The summed E-state index contributed by atoms with van der Waals surface area (Å²) in [5, 5.41) is 2.54. The average molecular weight is 292 g/mol. The molecule has 0 unspecified atom stereocenters. The topological polar surface area (TPSA) is 84.9 Å². The monoisotopic (exact) mass is 292 g/mol. The van der Waals surface area contributed by atoms with Gasteiger partial charge in [0.1, 0.15) is 0 Å². The number of carbonyl (C=O) groups excluding carboxylic acids is 3. The van der Waals surface area contributed by atoms with Crippen molar-refractivity contribution in [2.75, 3.05) is 26.8 Å². The fourth-order valence-electron chi connectivity index (χ4n) is 1.93. The molecule has 0 spiro atoms. The lowest BCUT2D eigenvalue weighted by molar-refractivity contribution is -0.129. The van der Waals surface area contributed by atoms with Gasteiger partial charge in [0.25, 0.3) is 5.91 Å². The Morgan fingerprint density at radius 3 is 2.67 bits per heavy atom. The van der Waals surface area contributed by atoms with Crippen molar-refractivity contribution in [1.82, 2.24) is 10.2 Å². The second kappa shape index (κ2) is 6.25. The van der Waals surface area contributed by atoms with Crippen LogP contribution in [0.4, 0.5) is 4.79 Å². The number of hydrogen-bond donors (Lipinski definition) is 1. The third-order valence-corrected chi connectivity index (χ3v) is 3.08. The Bertz CT molecular complexity index is 585. The molecule has 1 saturated heterocycles. The molecule has 1 aliphatic rings. The number of nitrogens with zero attached hydrogens (tertiary/aromatic N) is 1. The van der Waals surface area contributed by atoms with Crippen LogP contribution in [0.2, 0.25) is 0 Å². The summed E-state index contributed by atoms with van der Waals surface area (Å²) in [5.41, 5.74) is 0.490. The smallest absolute Gasteiger partial charge is 0.324 e. The van der Waals surface area contributed by atoms with Gasteiger partial charge in [0, 0.05) is 18.7 Å². The van der Waals surface area contributed by atoms with E-state index >= 15 is 0 Å². The van der Waals surface area contributed by atoms with E-state index < -0.39 is 11.9 Å². The van der Waals surface area contributed by atoms with Gasteiger partial charge in [-0.2, -0.15) is 0 Å². The zero-order chi connectivity index (χ0) is 15.4. The number of imide groups is 1. The van der Waals surface area contributed by atoms with Crippen molar-refractivity contribution < 1.29 is 23.9 Å². The first kappa shape index (κ1) is 14.8. The van der Waals surface area contributed by atoms with Crippen molar-refractivity contribution in [3.05, 3.63) is 23.8 Å². The lowest BCUT2D eigenvalue weighted by Gasteiger charge is -2.14. The van der Waals surface area contributed by atoms with Crippen LogP contribution in [0.15, 0.2) is 18.2 Å². The van der Waals surface area contributed by atoms with Gasteiger partial charge >= 0.3 is 6.03 Å². The van der Waals surface area contributed by atoms with Crippen molar-refractivity contribution >= 4 is 17.7 Å². The molecule has 0 aliphatic carbocycles. The fraction of sp³-hybridized carbons (Fsp3) is 0.357. The molecule has 1 fully saturated rings. The molecule has 1 N–H and O–H groups in total. The molecule has 1 aliphatic heterocycles. The molecule has 0 bridgehead atoms. The zero-order valence-electron chi connectivity index (χ0n) is 11.8. The summed E-state index contributed by atoms with van der Waals surface area (Å²) in [4.78, 5) is 35.6. The first-order valence-corrected chi connectivity index (χ1v) is 6.43. The molecule has 1 heterocycles. The molecular formula is C14H16N2O5. The molecule has 1 aromatic carbocycles. The molecule has 0 radical (unpaired) electrons. The molecule has 2 rings (SSSR count). The zero-order valence-corrected chi connectivity index (χ0v) is 11.8. The number of carbonyl (C=O) groups is 3. The molecule has 7 heteroatoms. The third-order valence-electron chi connectivity index (χ3n) is 3.08. The van der Waals surface area contributed by atoms with Gasteiger partial charge in [-0.05, 0) is 25.1 Å². The summed E-state index contributed by atoms with van der Waals surface area (Å²) in [5.74, 6) is 0.184. The molecule has 0 atom stereocenters. The van der Waals surface area contributed by atoms with E-state index in [0.29, 0.717) is 30.2 Å². The molecule has 21 heavy (non-hydrogen) atoms.